The van der Waals surface area contributed by atoms with Crippen LogP contribution in [0.4, 0.5) is 0 Å². The van der Waals surface area contributed by atoms with E-state index >= 15 is 0 Å². The molecule has 2 aromatic rings. The minimum Gasteiger partial charge on any atom is -0.508 e. The molecular formula is C17H18ClNO2. The Hall–Kier alpha value is -2.00. The molecule has 1 unspecified atom stereocenters. The van der Waals surface area contributed by atoms with E-state index in [2.05, 4.69) is 0 Å². The van der Waals surface area contributed by atoms with Gasteiger partial charge in [0.25, 0.3) is 0 Å². The summed E-state index contributed by atoms with van der Waals surface area (Å²) in [5.74, 6) is 0.109. The number of halogens is 1. The van der Waals surface area contributed by atoms with Crippen molar-refractivity contribution >= 4 is 17.5 Å². The van der Waals surface area contributed by atoms with E-state index in [0.717, 1.165) is 5.56 Å². The number of hydrogen-bond donors (Lipinski definition) is 1. The van der Waals surface area contributed by atoms with E-state index in [1.807, 2.05) is 37.3 Å². The fourth-order valence-electron chi connectivity index (χ4n) is 2.13. The van der Waals surface area contributed by atoms with Gasteiger partial charge in [-0.15, -0.1) is 0 Å². The van der Waals surface area contributed by atoms with Crippen molar-refractivity contribution in [2.45, 2.75) is 19.4 Å². The number of carbonyl (C=O) groups excluding carboxylic acids is 1. The van der Waals surface area contributed by atoms with Gasteiger partial charge < -0.3 is 10.0 Å². The minimum atomic E-state index is -0.0550. The monoisotopic (exact) mass is 303 g/mol. The second-order valence-corrected chi connectivity index (χ2v) is 5.47. The molecule has 0 saturated carbocycles. The summed E-state index contributed by atoms with van der Waals surface area (Å²) in [5.41, 5.74) is 1.66. The van der Waals surface area contributed by atoms with Crippen molar-refractivity contribution in [1.82, 2.24) is 4.90 Å². The Balaban J connectivity index is 2.08. The lowest BCUT2D eigenvalue weighted by atomic mass is 10.1. The molecule has 0 radical (unpaired) electrons. The summed E-state index contributed by atoms with van der Waals surface area (Å²) >= 11 is 5.87. The maximum Gasteiger partial charge on any atom is 0.227 e. The number of carbonyl (C=O) groups is 1. The molecule has 1 amide bonds. The van der Waals surface area contributed by atoms with E-state index in [-0.39, 0.29) is 24.1 Å². The molecule has 0 aromatic heterocycles. The summed E-state index contributed by atoms with van der Waals surface area (Å²) < 4.78 is 0. The van der Waals surface area contributed by atoms with Crippen molar-refractivity contribution in [3.05, 3.63) is 64.7 Å². The molecule has 0 aliphatic rings. The molecule has 0 aliphatic carbocycles. The molecule has 1 N–H and O–H groups in total. The third-order valence-electron chi connectivity index (χ3n) is 3.66. The predicted molar refractivity (Wildman–Crippen MR) is 84.4 cm³/mol. The number of para-hydroxylation sites is 1. The third kappa shape index (κ3) is 3.76. The molecule has 21 heavy (non-hydrogen) atoms. The van der Waals surface area contributed by atoms with Gasteiger partial charge in [-0.3, -0.25) is 4.79 Å². The van der Waals surface area contributed by atoms with E-state index in [0.29, 0.717) is 10.6 Å². The second-order valence-electron chi connectivity index (χ2n) is 5.04. The van der Waals surface area contributed by atoms with Crippen LogP contribution in [-0.2, 0) is 11.2 Å². The quantitative estimate of drug-likeness (QED) is 0.933. The Bertz CT molecular complexity index is 625. The first-order valence-corrected chi connectivity index (χ1v) is 7.15. The highest BCUT2D eigenvalue weighted by molar-refractivity contribution is 6.30. The number of benzene rings is 2. The van der Waals surface area contributed by atoms with Crippen LogP contribution in [0.15, 0.2) is 48.5 Å². The molecule has 0 aliphatic heterocycles. The maximum atomic E-state index is 12.3. The highest BCUT2D eigenvalue weighted by atomic mass is 35.5. The topological polar surface area (TPSA) is 40.5 Å². The smallest absolute Gasteiger partial charge is 0.227 e. The molecule has 0 bridgehead atoms. The number of phenolic OH excluding ortho intramolecular Hbond substituents is 1. The van der Waals surface area contributed by atoms with Gasteiger partial charge in [0.1, 0.15) is 5.75 Å². The fraction of sp³-hybridized carbons (Fsp3) is 0.235. The zero-order chi connectivity index (χ0) is 15.4. The molecule has 1 atom stereocenters. The lowest BCUT2D eigenvalue weighted by molar-refractivity contribution is -0.131. The van der Waals surface area contributed by atoms with Crippen LogP contribution >= 0.6 is 11.6 Å². The summed E-state index contributed by atoms with van der Waals surface area (Å²) in [4.78, 5) is 14.0. The Labute approximate surface area is 129 Å². The van der Waals surface area contributed by atoms with Crippen LogP contribution in [0.5, 0.6) is 5.75 Å². The Morgan fingerprint density at radius 2 is 1.81 bits per heavy atom. The van der Waals surface area contributed by atoms with Crippen LogP contribution in [0.1, 0.15) is 24.1 Å². The molecule has 3 nitrogen and oxygen atoms in total. The van der Waals surface area contributed by atoms with Gasteiger partial charge in [0, 0.05) is 17.6 Å². The molecule has 0 saturated heterocycles. The van der Waals surface area contributed by atoms with Crippen LogP contribution < -0.4 is 0 Å². The van der Waals surface area contributed by atoms with Gasteiger partial charge in [-0.05, 0) is 30.7 Å². The lowest BCUT2D eigenvalue weighted by Gasteiger charge is -2.25. The summed E-state index contributed by atoms with van der Waals surface area (Å²) in [7, 11) is 1.77. The molecule has 2 aromatic carbocycles. The first kappa shape index (κ1) is 15.4. The highest BCUT2D eigenvalue weighted by Gasteiger charge is 2.18. The Kier molecular flexibility index (Phi) is 4.86. The van der Waals surface area contributed by atoms with Crippen LogP contribution in [-0.4, -0.2) is 23.0 Å². The van der Waals surface area contributed by atoms with E-state index in [4.69, 9.17) is 11.6 Å². The van der Waals surface area contributed by atoms with Gasteiger partial charge >= 0.3 is 0 Å². The normalized spacial score (nSPS) is 12.0. The van der Waals surface area contributed by atoms with Crippen LogP contribution in [0, 0.1) is 0 Å². The number of aromatic hydroxyl groups is 1. The minimum absolute atomic E-state index is 0.0426. The van der Waals surface area contributed by atoms with Gasteiger partial charge in [0.05, 0.1) is 12.5 Å². The lowest BCUT2D eigenvalue weighted by Crippen LogP contribution is -2.30. The summed E-state index contributed by atoms with van der Waals surface area (Å²) in [6.45, 7) is 1.96. The van der Waals surface area contributed by atoms with E-state index in [1.165, 1.54) is 0 Å². The molecule has 0 spiro atoms. The van der Waals surface area contributed by atoms with Gasteiger partial charge in [0.2, 0.25) is 5.91 Å². The largest absolute Gasteiger partial charge is 0.508 e. The zero-order valence-corrected chi connectivity index (χ0v) is 12.8. The SMILES string of the molecule is CC(c1ccc(Cl)cc1)N(C)C(=O)Cc1ccccc1O. The highest BCUT2D eigenvalue weighted by Crippen LogP contribution is 2.23. The summed E-state index contributed by atoms with van der Waals surface area (Å²) in [6.07, 6.45) is 0.182. The average molecular weight is 304 g/mol. The molecule has 110 valence electrons. The zero-order valence-electron chi connectivity index (χ0n) is 12.1. The number of rotatable bonds is 4. The Morgan fingerprint density at radius 1 is 1.19 bits per heavy atom. The van der Waals surface area contributed by atoms with E-state index in [1.54, 1.807) is 30.1 Å². The fourth-order valence-corrected chi connectivity index (χ4v) is 2.25. The van der Waals surface area contributed by atoms with Crippen LogP contribution in [0.2, 0.25) is 5.02 Å². The molecule has 0 fully saturated rings. The molecular weight excluding hydrogens is 286 g/mol. The van der Waals surface area contributed by atoms with Crippen molar-refractivity contribution in [3.8, 4) is 5.75 Å². The first-order chi connectivity index (χ1) is 9.99. The van der Waals surface area contributed by atoms with Crippen molar-refractivity contribution in [2.75, 3.05) is 7.05 Å². The van der Waals surface area contributed by atoms with Crippen molar-refractivity contribution in [3.63, 3.8) is 0 Å². The van der Waals surface area contributed by atoms with E-state index < -0.39 is 0 Å². The first-order valence-electron chi connectivity index (χ1n) is 6.77. The third-order valence-corrected chi connectivity index (χ3v) is 3.91. The van der Waals surface area contributed by atoms with Gasteiger partial charge in [-0.25, -0.2) is 0 Å². The van der Waals surface area contributed by atoms with Gasteiger partial charge in [-0.1, -0.05) is 41.9 Å². The Morgan fingerprint density at radius 3 is 2.43 bits per heavy atom. The predicted octanol–water partition coefficient (Wildman–Crippen LogP) is 3.81. The summed E-state index contributed by atoms with van der Waals surface area (Å²) in [5, 5.41) is 10.4. The molecule has 2 rings (SSSR count). The van der Waals surface area contributed by atoms with E-state index in [9.17, 15) is 9.90 Å². The number of amides is 1. The summed E-state index contributed by atoms with van der Waals surface area (Å²) in [6, 6.07) is 14.3. The van der Waals surface area contributed by atoms with Crippen LogP contribution in [0.3, 0.4) is 0 Å². The van der Waals surface area contributed by atoms with Crippen molar-refractivity contribution < 1.29 is 9.90 Å². The molecule has 4 heteroatoms. The van der Waals surface area contributed by atoms with Gasteiger partial charge in [-0.2, -0.15) is 0 Å². The number of nitrogens with zero attached hydrogens (tertiary/aromatic N) is 1. The standard InChI is InChI=1S/C17H18ClNO2/c1-12(13-7-9-15(18)10-8-13)19(2)17(21)11-14-5-3-4-6-16(14)20/h3-10,12,20H,11H2,1-2H3. The number of likely N-dealkylation sites (N-methyl/N-ethyl adjacent to an activating group) is 1. The maximum absolute atomic E-state index is 12.3. The van der Waals surface area contributed by atoms with Gasteiger partial charge in [0.15, 0.2) is 0 Å². The number of hydrogen-bond acceptors (Lipinski definition) is 2. The van der Waals surface area contributed by atoms with Crippen molar-refractivity contribution in [2.24, 2.45) is 0 Å². The molecule has 0 heterocycles. The van der Waals surface area contributed by atoms with Crippen LogP contribution in [0.25, 0.3) is 0 Å². The number of phenols is 1. The second kappa shape index (κ2) is 6.64. The van der Waals surface area contributed by atoms with Crippen molar-refractivity contribution in [1.29, 1.82) is 0 Å². The average Bonchev–Trinajstić information content (AvgIpc) is 2.49.